The van der Waals surface area contributed by atoms with Crippen LogP contribution in [0.15, 0.2) is 23.5 Å². The summed E-state index contributed by atoms with van der Waals surface area (Å²) in [5, 5.41) is 0. The maximum atomic E-state index is 12.8. The molecule has 0 radical (unpaired) electrons. The molecule has 138 valence electrons. The largest absolute Gasteiger partial charge is 0.545 e. The Kier molecular flexibility index (Phi) is 6.49. The lowest BCUT2D eigenvalue weighted by Crippen LogP contribution is -2.59. The molecule has 1 aliphatic carbocycles. The van der Waals surface area contributed by atoms with Gasteiger partial charge in [0, 0.05) is 0 Å². The van der Waals surface area contributed by atoms with Gasteiger partial charge < -0.3 is 13.6 Å². The highest BCUT2D eigenvalue weighted by Crippen LogP contribution is 2.55. The maximum Gasteiger partial charge on any atom is 0.345 e. The number of esters is 1. The number of alkyl halides is 2. The molecule has 1 atom stereocenters. The van der Waals surface area contributed by atoms with E-state index in [1.54, 1.807) is 6.08 Å². The lowest BCUT2D eigenvalue weighted by Gasteiger charge is -2.42. The van der Waals surface area contributed by atoms with Crippen molar-refractivity contribution in [3.63, 3.8) is 0 Å². The normalized spacial score (nSPS) is 25.6. The van der Waals surface area contributed by atoms with Crippen molar-refractivity contribution in [1.29, 1.82) is 0 Å². The molecule has 4 nitrogen and oxygen atoms in total. The summed E-state index contributed by atoms with van der Waals surface area (Å²) in [5.41, 5.74) is -1.02. The van der Waals surface area contributed by atoms with E-state index in [4.69, 9.17) is 36.8 Å². The van der Waals surface area contributed by atoms with Gasteiger partial charge in [0.25, 0.3) is 0 Å². The average Bonchev–Trinajstić information content (AvgIpc) is 2.57. The molecule has 8 heteroatoms. The summed E-state index contributed by atoms with van der Waals surface area (Å²) in [7, 11) is -2.89. The Hall–Kier alpha value is -0.276. The van der Waals surface area contributed by atoms with E-state index in [9.17, 15) is 4.79 Å². The molecule has 1 unspecified atom stereocenters. The molecule has 24 heavy (non-hydrogen) atoms. The minimum atomic E-state index is -2.21. The van der Waals surface area contributed by atoms with Crippen molar-refractivity contribution >= 4 is 45.8 Å². The molecular weight excluding hydrogens is 383 g/mol. The molecule has 1 aliphatic rings. The van der Waals surface area contributed by atoms with Crippen LogP contribution in [0.3, 0.4) is 0 Å². The van der Waals surface area contributed by atoms with Gasteiger partial charge in [0.05, 0.1) is 7.11 Å². The Labute approximate surface area is 157 Å². The molecule has 0 bridgehead atoms. The smallest absolute Gasteiger partial charge is 0.345 e. The van der Waals surface area contributed by atoms with Crippen LogP contribution in [0.5, 0.6) is 0 Å². The van der Waals surface area contributed by atoms with E-state index in [0.717, 1.165) is 0 Å². The van der Waals surface area contributed by atoms with Crippen molar-refractivity contribution in [2.75, 3.05) is 7.11 Å². The summed E-state index contributed by atoms with van der Waals surface area (Å²) >= 11 is 13.4. The fourth-order valence-electron chi connectivity index (χ4n) is 2.55. The van der Waals surface area contributed by atoms with Gasteiger partial charge in [0.2, 0.25) is 18.3 Å². The summed E-state index contributed by atoms with van der Waals surface area (Å²) in [6.45, 7) is 14.0. The Balaban J connectivity index is 3.60. The fraction of sp³-hybridized carbons (Fsp3) is 0.688. The van der Waals surface area contributed by atoms with Crippen molar-refractivity contribution in [2.24, 2.45) is 0 Å². The number of carbonyl (C=O) groups excluding carboxylic acids is 1. The summed E-state index contributed by atoms with van der Waals surface area (Å²) in [6.07, 6.45) is 4.32. The topological polar surface area (TPSA) is 44.8 Å². The Bertz CT molecular complexity index is 559. The molecule has 0 fully saturated rings. The standard InChI is InChI=1S/C16H28Cl2O4Si2/c1-9-10-12-11-13(21-23(3,4)5)16(17,18)15(12,14(19)20-2)22-24(6,7)8/h10-11H,9H2,1-8H3/b12-10-. The molecule has 0 saturated heterocycles. The van der Waals surface area contributed by atoms with E-state index in [2.05, 4.69) is 0 Å². The highest BCUT2D eigenvalue weighted by atomic mass is 35.5. The summed E-state index contributed by atoms with van der Waals surface area (Å²) in [5.74, 6) is -0.256. The Morgan fingerprint density at radius 3 is 2.08 bits per heavy atom. The highest BCUT2D eigenvalue weighted by molar-refractivity contribution is 6.71. The lowest BCUT2D eigenvalue weighted by atomic mass is 9.94. The van der Waals surface area contributed by atoms with Crippen molar-refractivity contribution in [3.8, 4) is 0 Å². The molecule has 0 aromatic rings. The summed E-state index contributed by atoms with van der Waals surface area (Å²) in [6, 6.07) is 0. The first-order valence-electron chi connectivity index (χ1n) is 7.99. The second-order valence-electron chi connectivity index (χ2n) is 7.75. The van der Waals surface area contributed by atoms with Gasteiger partial charge in [0.15, 0.2) is 8.32 Å². The molecular formula is C16H28Cl2O4Si2. The number of ether oxygens (including phenoxy) is 1. The quantitative estimate of drug-likeness (QED) is 0.350. The number of hydrogen-bond acceptors (Lipinski definition) is 4. The minimum absolute atomic E-state index is 0.355. The van der Waals surface area contributed by atoms with Gasteiger partial charge >= 0.3 is 5.97 Å². The van der Waals surface area contributed by atoms with Crippen LogP contribution in [-0.4, -0.2) is 39.6 Å². The maximum absolute atomic E-state index is 12.8. The van der Waals surface area contributed by atoms with Crippen molar-refractivity contribution in [1.82, 2.24) is 0 Å². The third-order valence-corrected chi connectivity index (χ3v) is 5.87. The van der Waals surface area contributed by atoms with E-state index >= 15 is 0 Å². The Morgan fingerprint density at radius 1 is 1.17 bits per heavy atom. The van der Waals surface area contributed by atoms with E-state index in [1.165, 1.54) is 7.11 Å². The molecule has 0 aliphatic heterocycles. The zero-order valence-electron chi connectivity index (χ0n) is 15.8. The van der Waals surface area contributed by atoms with Gasteiger partial charge in [-0.05, 0) is 57.4 Å². The first kappa shape index (κ1) is 21.8. The van der Waals surface area contributed by atoms with Crippen molar-refractivity contribution < 1.29 is 18.4 Å². The van der Waals surface area contributed by atoms with Gasteiger partial charge in [-0.25, -0.2) is 4.79 Å². The number of allylic oxidation sites excluding steroid dienone is 1. The zero-order chi connectivity index (χ0) is 19.0. The van der Waals surface area contributed by atoms with Crippen molar-refractivity contribution in [3.05, 3.63) is 23.5 Å². The lowest BCUT2D eigenvalue weighted by molar-refractivity contribution is -0.156. The first-order chi connectivity index (χ1) is 10.7. The summed E-state index contributed by atoms with van der Waals surface area (Å²) < 4.78 is 15.7. The van der Waals surface area contributed by atoms with Gasteiger partial charge in [-0.2, -0.15) is 0 Å². The molecule has 0 spiro atoms. The zero-order valence-corrected chi connectivity index (χ0v) is 19.3. The first-order valence-corrected chi connectivity index (χ1v) is 15.6. The number of carbonyl (C=O) groups is 1. The van der Waals surface area contributed by atoms with Crippen LogP contribution in [-0.2, 0) is 18.4 Å². The van der Waals surface area contributed by atoms with Crippen LogP contribution < -0.4 is 0 Å². The monoisotopic (exact) mass is 410 g/mol. The average molecular weight is 411 g/mol. The Morgan fingerprint density at radius 2 is 1.71 bits per heavy atom. The predicted octanol–water partition coefficient (Wildman–Crippen LogP) is 5.01. The highest BCUT2D eigenvalue weighted by Gasteiger charge is 2.67. The van der Waals surface area contributed by atoms with Crippen LogP contribution in [0.25, 0.3) is 0 Å². The second-order valence-corrected chi connectivity index (χ2v) is 17.9. The van der Waals surface area contributed by atoms with Gasteiger partial charge in [-0.3, -0.25) is 0 Å². The van der Waals surface area contributed by atoms with Crippen molar-refractivity contribution in [2.45, 2.75) is 62.6 Å². The molecule has 1 rings (SSSR count). The minimum Gasteiger partial charge on any atom is -0.545 e. The third-order valence-electron chi connectivity index (χ3n) is 3.22. The number of rotatable bonds is 6. The van der Waals surface area contributed by atoms with E-state index in [1.807, 2.05) is 52.3 Å². The van der Waals surface area contributed by atoms with Crippen LogP contribution >= 0.6 is 23.2 Å². The van der Waals surface area contributed by atoms with E-state index < -0.39 is 32.5 Å². The number of hydrogen-bond donors (Lipinski definition) is 0. The number of halogens is 2. The molecule has 0 aromatic heterocycles. The van der Waals surface area contributed by atoms with Crippen LogP contribution in [0, 0.1) is 0 Å². The fourth-order valence-corrected chi connectivity index (χ4v) is 5.59. The molecule has 0 heterocycles. The van der Waals surface area contributed by atoms with E-state index in [-0.39, 0.29) is 0 Å². The summed E-state index contributed by atoms with van der Waals surface area (Å²) in [4.78, 5) is 12.8. The van der Waals surface area contributed by atoms with E-state index in [0.29, 0.717) is 17.8 Å². The van der Waals surface area contributed by atoms with Crippen LogP contribution in [0.1, 0.15) is 13.3 Å². The van der Waals surface area contributed by atoms with Gasteiger partial charge in [-0.15, -0.1) is 0 Å². The van der Waals surface area contributed by atoms with Gasteiger partial charge in [0.1, 0.15) is 5.76 Å². The van der Waals surface area contributed by atoms with Crippen LogP contribution in [0.2, 0.25) is 39.3 Å². The SMILES string of the molecule is CC/C=C1/C=C(O[Si](C)(C)C)C(Cl)(Cl)C1(O[Si](C)(C)C)C(=O)OC. The molecule has 0 amide bonds. The molecule has 0 N–H and O–H groups in total. The number of methoxy groups -OCH3 is 1. The van der Waals surface area contributed by atoms with Gasteiger partial charge in [-0.1, -0.05) is 36.2 Å². The van der Waals surface area contributed by atoms with Crippen LogP contribution in [0.4, 0.5) is 0 Å². The molecule has 0 aromatic carbocycles. The third kappa shape index (κ3) is 4.27. The molecule has 0 saturated carbocycles. The predicted molar refractivity (Wildman–Crippen MR) is 105 cm³/mol. The second kappa shape index (κ2) is 7.15.